The molecular formula is C19H19N3O5S. The number of hydrogen-bond donors (Lipinski definition) is 1. The van der Waals surface area contributed by atoms with Gasteiger partial charge in [0.05, 0.1) is 6.26 Å². The molecule has 8 nitrogen and oxygen atoms in total. The van der Waals surface area contributed by atoms with Crippen molar-refractivity contribution in [1.29, 1.82) is 0 Å². The summed E-state index contributed by atoms with van der Waals surface area (Å²) in [6, 6.07) is 9.58. The van der Waals surface area contributed by atoms with Gasteiger partial charge in [-0.25, -0.2) is 18.2 Å². The van der Waals surface area contributed by atoms with Gasteiger partial charge < -0.3 is 9.14 Å². The highest BCUT2D eigenvalue weighted by atomic mass is 32.2. The van der Waals surface area contributed by atoms with E-state index < -0.39 is 27.9 Å². The number of Topliss-reactive ketones (excluding diaryl/α,β-unsaturated/α-hetero) is 1. The third-order valence-corrected chi connectivity index (χ3v) is 4.56. The summed E-state index contributed by atoms with van der Waals surface area (Å²) in [5, 5.41) is 0. The monoisotopic (exact) mass is 401 g/mol. The van der Waals surface area contributed by atoms with Crippen molar-refractivity contribution in [3.8, 4) is 0 Å². The zero-order valence-electron chi connectivity index (χ0n) is 15.5. The molecule has 0 saturated carbocycles. The van der Waals surface area contributed by atoms with Crippen LogP contribution in [0.25, 0.3) is 5.65 Å². The first kappa shape index (κ1) is 19.6. The number of esters is 1. The van der Waals surface area contributed by atoms with Gasteiger partial charge in [-0.3, -0.25) is 9.52 Å². The van der Waals surface area contributed by atoms with Crippen LogP contribution in [0, 0.1) is 6.92 Å². The van der Waals surface area contributed by atoms with E-state index in [2.05, 4.69) is 9.71 Å². The first-order chi connectivity index (χ1) is 13.1. The van der Waals surface area contributed by atoms with Crippen LogP contribution in [-0.2, 0) is 14.8 Å². The van der Waals surface area contributed by atoms with Crippen LogP contribution in [-0.4, -0.2) is 41.9 Å². The highest BCUT2D eigenvalue weighted by Gasteiger charge is 2.22. The lowest BCUT2D eigenvalue weighted by Gasteiger charge is -2.12. The molecule has 0 bridgehead atoms. The summed E-state index contributed by atoms with van der Waals surface area (Å²) < 4.78 is 31.7. The van der Waals surface area contributed by atoms with E-state index in [-0.39, 0.29) is 5.69 Å². The first-order valence-corrected chi connectivity index (χ1v) is 10.3. The van der Waals surface area contributed by atoms with Crippen molar-refractivity contribution >= 4 is 33.1 Å². The van der Waals surface area contributed by atoms with Gasteiger partial charge in [-0.05, 0) is 55.8 Å². The minimum atomic E-state index is -3.40. The number of nitrogens with one attached hydrogen (secondary N) is 1. The number of rotatable bonds is 6. The number of aryl methyl sites for hydroxylation is 1. The van der Waals surface area contributed by atoms with Gasteiger partial charge >= 0.3 is 5.97 Å². The number of carbonyl (C=O) groups excluding carboxylic acids is 2. The largest absolute Gasteiger partial charge is 0.449 e. The molecule has 0 spiro atoms. The number of hydrogen-bond acceptors (Lipinski definition) is 6. The second-order valence-corrected chi connectivity index (χ2v) is 8.21. The Balaban J connectivity index is 1.69. The molecule has 9 heteroatoms. The van der Waals surface area contributed by atoms with Crippen LogP contribution in [0.2, 0.25) is 0 Å². The van der Waals surface area contributed by atoms with Crippen molar-refractivity contribution in [3.63, 3.8) is 0 Å². The molecule has 3 aromatic rings. The Bertz CT molecular complexity index is 1150. The Morgan fingerprint density at radius 2 is 1.86 bits per heavy atom. The van der Waals surface area contributed by atoms with E-state index in [1.807, 2.05) is 19.1 Å². The van der Waals surface area contributed by atoms with E-state index in [1.165, 1.54) is 31.2 Å². The van der Waals surface area contributed by atoms with E-state index in [4.69, 9.17) is 4.74 Å². The molecule has 3 rings (SSSR count). The molecule has 1 atom stereocenters. The molecule has 0 aliphatic rings. The molecule has 0 saturated heterocycles. The Hall–Kier alpha value is -3.20. The van der Waals surface area contributed by atoms with Gasteiger partial charge in [-0.1, -0.05) is 0 Å². The fraction of sp³-hybridized carbons (Fsp3) is 0.211. The highest BCUT2D eigenvalue weighted by molar-refractivity contribution is 7.92. The first-order valence-electron chi connectivity index (χ1n) is 8.41. The van der Waals surface area contributed by atoms with Crippen LogP contribution in [0.15, 0.2) is 48.8 Å². The van der Waals surface area contributed by atoms with Crippen LogP contribution in [0.1, 0.15) is 33.3 Å². The molecule has 0 fully saturated rings. The number of nitrogens with zero attached hydrogens (tertiary/aromatic N) is 2. The number of ketones is 1. The Morgan fingerprint density at radius 1 is 1.18 bits per heavy atom. The van der Waals surface area contributed by atoms with Crippen LogP contribution in [0.3, 0.4) is 0 Å². The topological polar surface area (TPSA) is 107 Å². The van der Waals surface area contributed by atoms with E-state index in [1.54, 1.807) is 16.8 Å². The van der Waals surface area contributed by atoms with Crippen molar-refractivity contribution in [3.05, 3.63) is 65.6 Å². The number of imidazole rings is 1. The van der Waals surface area contributed by atoms with Gasteiger partial charge in [0.1, 0.15) is 5.65 Å². The second kappa shape index (κ2) is 7.43. The second-order valence-electron chi connectivity index (χ2n) is 6.46. The molecule has 0 amide bonds. The number of pyridine rings is 1. The third-order valence-electron chi connectivity index (χ3n) is 3.95. The molecule has 146 valence electrons. The molecular weight excluding hydrogens is 382 g/mol. The molecule has 1 aromatic carbocycles. The summed E-state index contributed by atoms with van der Waals surface area (Å²) in [6.07, 6.45) is 3.34. The SMILES string of the molecule is Cc1ccn2cc(C(=O)OC(C)C(=O)c3ccc(NS(C)(=O)=O)cc3)nc2c1. The predicted molar refractivity (Wildman–Crippen MR) is 104 cm³/mol. The number of benzene rings is 1. The van der Waals surface area contributed by atoms with Gasteiger partial charge in [-0.15, -0.1) is 0 Å². The number of aromatic nitrogens is 2. The maximum Gasteiger partial charge on any atom is 0.359 e. The summed E-state index contributed by atoms with van der Waals surface area (Å²) >= 11 is 0. The molecule has 0 aliphatic heterocycles. The fourth-order valence-corrected chi connectivity index (χ4v) is 3.17. The third kappa shape index (κ3) is 4.55. The maximum atomic E-state index is 12.5. The Morgan fingerprint density at radius 3 is 2.50 bits per heavy atom. The molecule has 0 radical (unpaired) electrons. The summed E-state index contributed by atoms with van der Waals surface area (Å²) in [4.78, 5) is 29.0. The average molecular weight is 401 g/mol. The van der Waals surface area contributed by atoms with E-state index in [9.17, 15) is 18.0 Å². The number of fused-ring (bicyclic) bond motifs is 1. The van der Waals surface area contributed by atoms with Gasteiger partial charge in [0.25, 0.3) is 0 Å². The van der Waals surface area contributed by atoms with E-state index >= 15 is 0 Å². The number of sulfonamides is 1. The maximum absolute atomic E-state index is 12.5. The van der Waals surface area contributed by atoms with Crippen LogP contribution >= 0.6 is 0 Å². The van der Waals surface area contributed by atoms with E-state index in [0.717, 1.165) is 11.8 Å². The van der Waals surface area contributed by atoms with Crippen molar-refractivity contribution in [2.75, 3.05) is 11.0 Å². The normalized spacial score (nSPS) is 12.5. The van der Waals surface area contributed by atoms with Gasteiger partial charge in [0.2, 0.25) is 15.8 Å². The summed E-state index contributed by atoms with van der Waals surface area (Å²) in [7, 11) is -3.40. The van der Waals surface area contributed by atoms with Gasteiger partial charge in [-0.2, -0.15) is 0 Å². The Labute approximate surface area is 162 Å². The molecule has 2 aromatic heterocycles. The van der Waals surface area contributed by atoms with Gasteiger partial charge in [0.15, 0.2) is 11.8 Å². The number of ether oxygens (including phenoxy) is 1. The zero-order chi connectivity index (χ0) is 20.5. The number of anilines is 1. The lowest BCUT2D eigenvalue weighted by molar-refractivity contribution is 0.0314. The summed E-state index contributed by atoms with van der Waals surface area (Å²) in [5.74, 6) is -1.10. The van der Waals surface area contributed by atoms with Crippen molar-refractivity contribution in [2.24, 2.45) is 0 Å². The Kier molecular flexibility index (Phi) is 5.19. The molecule has 1 unspecified atom stereocenters. The molecule has 2 heterocycles. The summed E-state index contributed by atoms with van der Waals surface area (Å²) in [5.41, 5.74) is 2.36. The standard InChI is InChI=1S/C19H19N3O5S/c1-12-8-9-22-11-16(20-17(22)10-12)19(24)27-13(2)18(23)14-4-6-15(7-5-14)21-28(3,25)26/h4-11,13,21H,1-3H3. The smallest absolute Gasteiger partial charge is 0.359 e. The minimum Gasteiger partial charge on any atom is -0.449 e. The van der Waals surface area contributed by atoms with E-state index in [0.29, 0.717) is 16.9 Å². The summed E-state index contributed by atoms with van der Waals surface area (Å²) in [6.45, 7) is 3.40. The quantitative estimate of drug-likeness (QED) is 0.502. The van der Waals surface area contributed by atoms with Crippen molar-refractivity contribution in [2.45, 2.75) is 20.0 Å². The molecule has 0 aliphatic carbocycles. The zero-order valence-corrected chi connectivity index (χ0v) is 16.4. The van der Waals surface area contributed by atoms with Crippen molar-refractivity contribution in [1.82, 2.24) is 9.38 Å². The van der Waals surface area contributed by atoms with Crippen LogP contribution in [0.4, 0.5) is 5.69 Å². The predicted octanol–water partition coefficient (Wildman–Crippen LogP) is 2.44. The number of carbonyl (C=O) groups is 2. The molecule has 28 heavy (non-hydrogen) atoms. The van der Waals surface area contributed by atoms with Crippen LogP contribution in [0.5, 0.6) is 0 Å². The average Bonchev–Trinajstić information content (AvgIpc) is 3.03. The lowest BCUT2D eigenvalue weighted by Crippen LogP contribution is -2.24. The minimum absolute atomic E-state index is 0.109. The highest BCUT2D eigenvalue weighted by Crippen LogP contribution is 2.15. The van der Waals surface area contributed by atoms with Gasteiger partial charge in [0, 0.05) is 23.6 Å². The van der Waals surface area contributed by atoms with Crippen LogP contribution < -0.4 is 4.72 Å². The lowest BCUT2D eigenvalue weighted by atomic mass is 10.1. The van der Waals surface area contributed by atoms with Crippen molar-refractivity contribution < 1.29 is 22.7 Å². The fourth-order valence-electron chi connectivity index (χ4n) is 2.61. The molecule has 1 N–H and O–H groups in total.